The fourth-order valence-electron chi connectivity index (χ4n) is 9.14. The van der Waals surface area contributed by atoms with Gasteiger partial charge in [-0.25, -0.2) is 0 Å². The van der Waals surface area contributed by atoms with Crippen molar-refractivity contribution in [3.8, 4) is 44.8 Å². The zero-order valence-corrected chi connectivity index (χ0v) is 32.9. The minimum Gasteiger partial charge on any atom is -0.256 e. The van der Waals surface area contributed by atoms with Crippen LogP contribution in [0.3, 0.4) is 0 Å². The first-order valence-corrected chi connectivity index (χ1v) is 20.4. The molecule has 278 valence electrons. The van der Waals surface area contributed by atoms with Crippen LogP contribution in [0.15, 0.2) is 212 Å². The molecule has 2 aliphatic rings. The molecule has 2 aromatic heterocycles. The predicted molar refractivity (Wildman–Crippen MR) is 244 cm³/mol. The van der Waals surface area contributed by atoms with E-state index in [4.69, 9.17) is 0 Å². The molecular weight excluding hydrogens is 701 g/mol. The summed E-state index contributed by atoms with van der Waals surface area (Å²) < 4.78 is 0. The van der Waals surface area contributed by atoms with Gasteiger partial charge in [-0.15, -0.1) is 0 Å². The van der Waals surface area contributed by atoms with Gasteiger partial charge in [-0.05, 0) is 121 Å². The molecule has 2 unspecified atom stereocenters. The van der Waals surface area contributed by atoms with Crippen molar-refractivity contribution >= 4 is 27.1 Å². The third kappa shape index (κ3) is 6.61. The largest absolute Gasteiger partial charge is 0.256 e. The van der Waals surface area contributed by atoms with Crippen molar-refractivity contribution in [2.45, 2.75) is 32.1 Å². The molecule has 0 saturated carbocycles. The standard InChI is InChI=1S/C56H44N2/c1-38-13-12-14-43(33-38)45-34-46(37-56(2,36-45)47-15-4-3-5-16-47)44-29-30-50-51(35-44)55(42-27-23-40(24-28-42)53-20-9-11-32-58-53)49-18-7-6-17-48(49)54(50)41-25-21-39(22-26-41)52-19-8-10-31-57-52/h3-12,14-35,37-38H,13,36H2,1-2H3. The lowest BCUT2D eigenvalue weighted by molar-refractivity contribution is 0.585. The molecule has 2 atom stereocenters. The third-order valence-corrected chi connectivity index (χ3v) is 12.1. The predicted octanol–water partition coefficient (Wildman–Crippen LogP) is 14.6. The second-order valence-corrected chi connectivity index (χ2v) is 16.1. The zero-order chi connectivity index (χ0) is 39.1. The van der Waals surface area contributed by atoms with E-state index < -0.39 is 0 Å². The molecule has 0 amide bonds. The van der Waals surface area contributed by atoms with E-state index in [2.05, 4.69) is 188 Å². The lowest BCUT2D eigenvalue weighted by Crippen LogP contribution is -2.23. The van der Waals surface area contributed by atoms with Crippen molar-refractivity contribution in [3.63, 3.8) is 0 Å². The molecule has 2 nitrogen and oxygen atoms in total. The summed E-state index contributed by atoms with van der Waals surface area (Å²) in [4.78, 5) is 9.26. The number of benzene rings is 6. The van der Waals surface area contributed by atoms with Crippen LogP contribution in [0.5, 0.6) is 0 Å². The highest BCUT2D eigenvalue weighted by atomic mass is 14.7. The van der Waals surface area contributed by atoms with Crippen molar-refractivity contribution < 1.29 is 0 Å². The number of pyridine rings is 2. The zero-order valence-electron chi connectivity index (χ0n) is 32.9. The highest BCUT2D eigenvalue weighted by molar-refractivity contribution is 6.22. The molecular formula is C56H44N2. The highest BCUT2D eigenvalue weighted by Gasteiger charge is 2.31. The van der Waals surface area contributed by atoms with Gasteiger partial charge in [0.15, 0.2) is 0 Å². The van der Waals surface area contributed by atoms with Crippen molar-refractivity contribution in [1.82, 2.24) is 9.97 Å². The van der Waals surface area contributed by atoms with E-state index in [1.54, 1.807) is 0 Å². The van der Waals surface area contributed by atoms with Gasteiger partial charge >= 0.3 is 0 Å². The topological polar surface area (TPSA) is 25.8 Å². The Hall–Kier alpha value is -6.90. The van der Waals surface area contributed by atoms with E-state index in [0.717, 1.165) is 35.4 Å². The van der Waals surface area contributed by atoms with E-state index >= 15 is 0 Å². The maximum atomic E-state index is 4.64. The first-order chi connectivity index (χ1) is 28.5. The SMILES string of the molecule is CC1C=C(C2=CC(c3ccc4c(-c5ccc(-c6ccccn6)cc5)c5ccccc5c(-c5ccc(-c6ccccn6)cc5)c4c3)=CC(C)(c3ccccc3)C2)C=CC1. The summed E-state index contributed by atoms with van der Waals surface area (Å²) in [6, 6.07) is 57.2. The van der Waals surface area contributed by atoms with Crippen LogP contribution in [0.25, 0.3) is 71.9 Å². The molecule has 0 bridgehead atoms. The van der Waals surface area contributed by atoms with Crippen LogP contribution >= 0.6 is 0 Å². The molecule has 6 aromatic carbocycles. The number of aromatic nitrogens is 2. The average molecular weight is 745 g/mol. The van der Waals surface area contributed by atoms with Gasteiger partial charge in [0.2, 0.25) is 0 Å². The summed E-state index contributed by atoms with van der Waals surface area (Å²) in [6.07, 6.45) is 17.9. The fraction of sp³-hybridized carbons (Fsp3) is 0.107. The van der Waals surface area contributed by atoms with Gasteiger partial charge in [0.25, 0.3) is 0 Å². The second-order valence-electron chi connectivity index (χ2n) is 16.1. The van der Waals surface area contributed by atoms with Gasteiger partial charge in [0.1, 0.15) is 0 Å². The Morgan fingerprint density at radius 1 is 0.517 bits per heavy atom. The van der Waals surface area contributed by atoms with E-state index in [-0.39, 0.29) is 5.41 Å². The van der Waals surface area contributed by atoms with E-state index in [9.17, 15) is 0 Å². The minimum absolute atomic E-state index is 0.168. The highest BCUT2D eigenvalue weighted by Crippen LogP contribution is 2.47. The monoisotopic (exact) mass is 744 g/mol. The number of rotatable bonds is 7. The van der Waals surface area contributed by atoms with Gasteiger partial charge in [-0.1, -0.05) is 172 Å². The molecule has 0 spiro atoms. The molecule has 0 radical (unpaired) electrons. The lowest BCUT2D eigenvalue weighted by atomic mass is 9.70. The van der Waals surface area contributed by atoms with Crippen LogP contribution in [-0.4, -0.2) is 9.97 Å². The Balaban J connectivity index is 1.21. The Kier molecular flexibility index (Phi) is 9.11. The normalized spacial score (nSPS) is 17.8. The van der Waals surface area contributed by atoms with Crippen LogP contribution in [0.1, 0.15) is 37.8 Å². The number of hydrogen-bond acceptors (Lipinski definition) is 2. The van der Waals surface area contributed by atoms with Gasteiger partial charge < -0.3 is 0 Å². The maximum absolute atomic E-state index is 4.64. The van der Waals surface area contributed by atoms with Crippen LogP contribution in [-0.2, 0) is 5.41 Å². The summed E-state index contributed by atoms with van der Waals surface area (Å²) in [5.41, 5.74) is 15.4. The molecule has 0 aliphatic heterocycles. The molecule has 58 heavy (non-hydrogen) atoms. The Labute approximate surface area is 341 Å². The van der Waals surface area contributed by atoms with Crippen molar-refractivity contribution in [2.75, 3.05) is 0 Å². The average Bonchev–Trinajstić information content (AvgIpc) is 3.29. The van der Waals surface area contributed by atoms with Crippen molar-refractivity contribution in [1.29, 1.82) is 0 Å². The summed E-state index contributed by atoms with van der Waals surface area (Å²) in [7, 11) is 0. The molecule has 0 fully saturated rings. The fourth-order valence-corrected chi connectivity index (χ4v) is 9.14. The van der Waals surface area contributed by atoms with Crippen LogP contribution < -0.4 is 0 Å². The smallest absolute Gasteiger partial charge is 0.0701 e. The second kappa shape index (κ2) is 14.9. The molecule has 2 heterocycles. The number of allylic oxidation sites excluding steroid dienone is 8. The van der Waals surface area contributed by atoms with E-state index in [0.29, 0.717) is 5.92 Å². The van der Waals surface area contributed by atoms with Gasteiger partial charge in [-0.3, -0.25) is 9.97 Å². The Morgan fingerprint density at radius 2 is 1.05 bits per heavy atom. The van der Waals surface area contributed by atoms with Crippen LogP contribution in [0, 0.1) is 5.92 Å². The molecule has 0 N–H and O–H groups in total. The Morgan fingerprint density at radius 3 is 1.64 bits per heavy atom. The number of nitrogens with zero attached hydrogens (tertiary/aromatic N) is 2. The summed E-state index contributed by atoms with van der Waals surface area (Å²) in [5.74, 6) is 0.523. The molecule has 8 aromatic rings. The minimum atomic E-state index is -0.168. The Bertz CT molecular complexity index is 2920. The number of fused-ring (bicyclic) bond motifs is 2. The van der Waals surface area contributed by atoms with Gasteiger partial charge in [0.05, 0.1) is 11.4 Å². The van der Waals surface area contributed by atoms with Gasteiger partial charge in [0, 0.05) is 28.9 Å². The van der Waals surface area contributed by atoms with Crippen molar-refractivity contribution in [3.05, 3.63) is 223 Å². The first-order valence-electron chi connectivity index (χ1n) is 20.4. The van der Waals surface area contributed by atoms with E-state index in [1.165, 1.54) is 71.6 Å². The first kappa shape index (κ1) is 35.5. The maximum Gasteiger partial charge on any atom is 0.0701 e. The quantitative estimate of drug-likeness (QED) is 0.152. The summed E-state index contributed by atoms with van der Waals surface area (Å²) in [5, 5.41) is 4.93. The summed E-state index contributed by atoms with van der Waals surface area (Å²) in [6.45, 7) is 4.73. The molecule has 10 rings (SSSR count). The van der Waals surface area contributed by atoms with Crippen LogP contribution in [0.4, 0.5) is 0 Å². The molecule has 0 saturated heterocycles. The number of hydrogen-bond donors (Lipinski definition) is 0. The van der Waals surface area contributed by atoms with E-state index in [1.807, 2.05) is 36.7 Å². The van der Waals surface area contributed by atoms with Crippen molar-refractivity contribution in [2.24, 2.45) is 5.92 Å². The lowest BCUT2D eigenvalue weighted by Gasteiger charge is -2.34. The molecule has 2 aliphatic carbocycles. The van der Waals surface area contributed by atoms with Crippen LogP contribution in [0.2, 0.25) is 0 Å². The third-order valence-electron chi connectivity index (χ3n) is 12.1. The molecule has 2 heteroatoms. The van der Waals surface area contributed by atoms with Gasteiger partial charge in [-0.2, -0.15) is 0 Å². The summed E-state index contributed by atoms with van der Waals surface area (Å²) >= 11 is 0.